The van der Waals surface area contributed by atoms with Gasteiger partial charge in [0.1, 0.15) is 0 Å². The number of fused-ring (bicyclic) bond motifs is 5. The van der Waals surface area contributed by atoms with Crippen LogP contribution in [-0.2, 0) is 12.8 Å². The SMILES string of the molecule is Cc1noc(-c2ccccc2)c1C(=O)C1C=c2c(ccc3c2=CCc2ccccc2-3)CC1. The Labute approximate surface area is 186 Å². The zero-order chi connectivity index (χ0) is 21.7. The normalized spacial score (nSPS) is 16.2. The van der Waals surface area contributed by atoms with Crippen LogP contribution >= 0.6 is 0 Å². The third-order valence-corrected chi connectivity index (χ3v) is 6.79. The maximum Gasteiger partial charge on any atom is 0.177 e. The molecule has 1 unspecified atom stereocenters. The van der Waals surface area contributed by atoms with Crippen molar-refractivity contribution in [2.75, 3.05) is 0 Å². The highest BCUT2D eigenvalue weighted by molar-refractivity contribution is 6.06. The second-order valence-corrected chi connectivity index (χ2v) is 8.68. The summed E-state index contributed by atoms with van der Waals surface area (Å²) >= 11 is 0. The summed E-state index contributed by atoms with van der Waals surface area (Å²) in [5.41, 5.74) is 7.40. The summed E-state index contributed by atoms with van der Waals surface area (Å²) in [6, 6.07) is 22.9. The number of hydrogen-bond acceptors (Lipinski definition) is 3. The monoisotopic (exact) mass is 417 g/mol. The third-order valence-electron chi connectivity index (χ3n) is 6.79. The minimum atomic E-state index is -0.180. The van der Waals surface area contributed by atoms with Crippen LogP contribution in [0.1, 0.15) is 33.6 Å². The Hall–Kier alpha value is -3.72. The van der Waals surface area contributed by atoms with Gasteiger partial charge in [-0.25, -0.2) is 0 Å². The first-order chi connectivity index (χ1) is 15.7. The van der Waals surface area contributed by atoms with Gasteiger partial charge in [-0.2, -0.15) is 0 Å². The van der Waals surface area contributed by atoms with Crippen molar-refractivity contribution in [3.8, 4) is 22.5 Å². The van der Waals surface area contributed by atoms with E-state index in [9.17, 15) is 4.79 Å². The highest BCUT2D eigenvalue weighted by atomic mass is 16.5. The summed E-state index contributed by atoms with van der Waals surface area (Å²) in [4.78, 5) is 13.7. The average molecular weight is 418 g/mol. The Kier molecular flexibility index (Phi) is 4.43. The summed E-state index contributed by atoms with van der Waals surface area (Å²) in [6.07, 6.45) is 7.14. The molecule has 0 spiro atoms. The topological polar surface area (TPSA) is 43.1 Å². The van der Waals surface area contributed by atoms with Crippen LogP contribution in [0.3, 0.4) is 0 Å². The van der Waals surface area contributed by atoms with Crippen LogP contribution in [0.2, 0.25) is 0 Å². The van der Waals surface area contributed by atoms with E-state index < -0.39 is 0 Å². The number of aromatic nitrogens is 1. The van der Waals surface area contributed by atoms with E-state index >= 15 is 0 Å². The quantitative estimate of drug-likeness (QED) is 0.446. The summed E-state index contributed by atoms with van der Waals surface area (Å²) in [5.74, 6) is 0.491. The Bertz CT molecular complexity index is 1480. The lowest BCUT2D eigenvalue weighted by molar-refractivity contribution is 0.0946. The van der Waals surface area contributed by atoms with Gasteiger partial charge >= 0.3 is 0 Å². The summed E-state index contributed by atoms with van der Waals surface area (Å²) in [7, 11) is 0. The molecule has 0 saturated carbocycles. The van der Waals surface area contributed by atoms with Gasteiger partial charge in [-0.1, -0.05) is 84.0 Å². The first-order valence-corrected chi connectivity index (χ1v) is 11.2. The number of aryl methyl sites for hydroxylation is 2. The van der Waals surface area contributed by atoms with Crippen LogP contribution in [-0.4, -0.2) is 10.9 Å². The molecule has 1 aromatic heterocycles. The Morgan fingerprint density at radius 2 is 1.72 bits per heavy atom. The van der Waals surface area contributed by atoms with Crippen molar-refractivity contribution in [1.29, 1.82) is 0 Å². The molecule has 32 heavy (non-hydrogen) atoms. The van der Waals surface area contributed by atoms with Gasteiger partial charge in [0, 0.05) is 11.5 Å². The van der Waals surface area contributed by atoms with E-state index in [1.54, 1.807) is 0 Å². The zero-order valence-electron chi connectivity index (χ0n) is 18.0. The van der Waals surface area contributed by atoms with E-state index in [1.807, 2.05) is 37.3 Å². The van der Waals surface area contributed by atoms with Crippen LogP contribution in [0.5, 0.6) is 0 Å². The first kappa shape index (κ1) is 19.0. The number of carbonyl (C=O) groups is 1. The molecular formula is C29H23NO2. The highest BCUT2D eigenvalue weighted by Gasteiger charge is 2.29. The average Bonchev–Trinajstić information content (AvgIpc) is 3.24. The molecule has 0 radical (unpaired) electrons. The van der Waals surface area contributed by atoms with Gasteiger partial charge < -0.3 is 4.52 Å². The molecule has 0 bridgehead atoms. The predicted molar refractivity (Wildman–Crippen MR) is 127 cm³/mol. The minimum absolute atomic E-state index is 0.0991. The van der Waals surface area contributed by atoms with E-state index in [4.69, 9.17) is 4.52 Å². The van der Waals surface area contributed by atoms with E-state index in [1.165, 1.54) is 32.7 Å². The number of hydrogen-bond donors (Lipinski definition) is 0. The molecule has 0 saturated heterocycles. The number of benzene rings is 3. The van der Waals surface area contributed by atoms with Crippen LogP contribution in [0.4, 0.5) is 0 Å². The second-order valence-electron chi connectivity index (χ2n) is 8.68. The number of Topliss-reactive ketones (excluding diaryl/α,β-unsaturated/α-hetero) is 1. The lowest BCUT2D eigenvalue weighted by Gasteiger charge is -2.21. The number of nitrogens with zero attached hydrogens (tertiary/aromatic N) is 1. The second kappa shape index (κ2) is 7.45. The molecule has 2 aliphatic rings. The molecule has 0 aliphatic heterocycles. The number of rotatable bonds is 3. The van der Waals surface area contributed by atoms with E-state index in [-0.39, 0.29) is 11.7 Å². The summed E-state index contributed by atoms with van der Waals surface area (Å²) in [5, 5.41) is 6.62. The molecule has 0 fully saturated rings. The fraction of sp³-hybridized carbons (Fsp3) is 0.172. The molecule has 0 amide bonds. The van der Waals surface area contributed by atoms with Gasteiger partial charge in [0.15, 0.2) is 11.5 Å². The third kappa shape index (κ3) is 2.96. The molecule has 4 aromatic rings. The molecule has 6 rings (SSSR count). The van der Waals surface area contributed by atoms with Gasteiger partial charge in [-0.3, -0.25) is 4.79 Å². The molecule has 1 heterocycles. The van der Waals surface area contributed by atoms with Gasteiger partial charge in [-0.15, -0.1) is 0 Å². The van der Waals surface area contributed by atoms with Gasteiger partial charge in [-0.05, 0) is 58.9 Å². The standard InChI is InChI=1S/C29H23NO2/c1-18-27(29(32-30-18)21-8-3-2-4-9-21)28(31)22-12-11-20-14-15-24-23-10-6-5-7-19(23)13-16-25(24)26(20)17-22/h2-10,14-17,22H,11-13H2,1H3. The van der Waals surface area contributed by atoms with Gasteiger partial charge in [0.2, 0.25) is 0 Å². The first-order valence-electron chi connectivity index (χ1n) is 11.2. The lowest BCUT2D eigenvalue weighted by atomic mass is 9.82. The Balaban J connectivity index is 1.46. The van der Waals surface area contributed by atoms with Crippen LogP contribution in [0.25, 0.3) is 34.6 Å². The maximum absolute atomic E-state index is 13.7. The molecule has 0 N–H and O–H groups in total. The van der Waals surface area contributed by atoms with Crippen molar-refractivity contribution in [2.45, 2.75) is 26.2 Å². The zero-order valence-corrected chi connectivity index (χ0v) is 18.0. The molecule has 3 heteroatoms. The van der Waals surface area contributed by atoms with Crippen molar-refractivity contribution in [3.05, 3.63) is 99.6 Å². The van der Waals surface area contributed by atoms with E-state index in [2.05, 4.69) is 53.7 Å². The molecule has 2 aliphatic carbocycles. The van der Waals surface area contributed by atoms with Crippen LogP contribution < -0.4 is 10.4 Å². The van der Waals surface area contributed by atoms with Crippen LogP contribution in [0.15, 0.2) is 71.3 Å². The molecular weight excluding hydrogens is 394 g/mol. The van der Waals surface area contributed by atoms with Crippen molar-refractivity contribution >= 4 is 17.9 Å². The lowest BCUT2D eigenvalue weighted by Crippen LogP contribution is -2.37. The van der Waals surface area contributed by atoms with Crippen molar-refractivity contribution in [3.63, 3.8) is 0 Å². The molecule has 1 atom stereocenters. The number of ketones is 1. The van der Waals surface area contributed by atoms with E-state index in [0.717, 1.165) is 24.8 Å². The van der Waals surface area contributed by atoms with Crippen molar-refractivity contribution in [2.24, 2.45) is 5.92 Å². The fourth-order valence-corrected chi connectivity index (χ4v) is 5.16. The predicted octanol–water partition coefficient (Wildman–Crippen LogP) is 4.88. The maximum atomic E-state index is 13.7. The summed E-state index contributed by atoms with van der Waals surface area (Å²) in [6.45, 7) is 1.85. The Morgan fingerprint density at radius 1 is 0.906 bits per heavy atom. The highest BCUT2D eigenvalue weighted by Crippen LogP contribution is 2.31. The van der Waals surface area contributed by atoms with Gasteiger partial charge in [0.05, 0.1) is 11.3 Å². The minimum Gasteiger partial charge on any atom is -0.355 e. The largest absolute Gasteiger partial charge is 0.355 e. The number of carbonyl (C=O) groups excluding carboxylic acids is 1. The molecule has 3 nitrogen and oxygen atoms in total. The summed E-state index contributed by atoms with van der Waals surface area (Å²) < 4.78 is 5.60. The molecule has 3 aromatic carbocycles. The Morgan fingerprint density at radius 3 is 2.59 bits per heavy atom. The smallest absolute Gasteiger partial charge is 0.177 e. The van der Waals surface area contributed by atoms with E-state index in [0.29, 0.717) is 17.0 Å². The van der Waals surface area contributed by atoms with Crippen LogP contribution in [0, 0.1) is 12.8 Å². The fourth-order valence-electron chi connectivity index (χ4n) is 5.16. The van der Waals surface area contributed by atoms with Gasteiger partial charge in [0.25, 0.3) is 0 Å². The van der Waals surface area contributed by atoms with Crippen molar-refractivity contribution in [1.82, 2.24) is 5.16 Å². The molecule has 156 valence electrons. The van der Waals surface area contributed by atoms with Crippen molar-refractivity contribution < 1.29 is 9.32 Å².